The molecular weight excluding hydrogens is 803 g/mol. The Morgan fingerprint density at radius 3 is 1.82 bits per heavy atom. The van der Waals surface area contributed by atoms with Crippen molar-refractivity contribution >= 4 is 88.9 Å². The van der Waals surface area contributed by atoms with Crippen LogP contribution < -0.4 is 26.2 Å². The van der Waals surface area contributed by atoms with Gasteiger partial charge < -0.3 is 9.32 Å². The van der Waals surface area contributed by atoms with Gasteiger partial charge in [0.15, 0.2) is 5.88 Å². The fraction of sp³-hybridized carbons (Fsp3) is 0.163. The average molecular weight is 838 g/mol. The number of benzene rings is 6. The zero-order valence-corrected chi connectivity index (χ0v) is 34.3. The molecular formula is C49H34BF6N3OS. The van der Waals surface area contributed by atoms with E-state index in [2.05, 4.69) is 39.0 Å². The maximum absolute atomic E-state index is 13.9. The topological polar surface area (TPSA) is 43.4 Å². The van der Waals surface area contributed by atoms with Crippen molar-refractivity contribution in [1.82, 2.24) is 0 Å². The van der Waals surface area contributed by atoms with Gasteiger partial charge in [0.05, 0.1) is 22.8 Å². The van der Waals surface area contributed by atoms with E-state index in [-0.39, 0.29) is 5.41 Å². The smallest absolute Gasteiger partial charge is 0.416 e. The van der Waals surface area contributed by atoms with Gasteiger partial charge in [-0.2, -0.15) is 31.6 Å². The highest BCUT2D eigenvalue weighted by molar-refractivity contribution is 7.28. The third-order valence-corrected chi connectivity index (χ3v) is 13.1. The molecule has 0 bridgehead atoms. The Morgan fingerprint density at radius 1 is 0.623 bits per heavy atom. The molecule has 0 amide bonds. The number of hydrogen-bond donors (Lipinski definition) is 0. The lowest BCUT2D eigenvalue weighted by Crippen LogP contribution is -2.61. The van der Waals surface area contributed by atoms with Gasteiger partial charge >= 0.3 is 12.4 Å². The molecule has 0 atom stereocenters. The van der Waals surface area contributed by atoms with Crippen LogP contribution in [0.5, 0.6) is 0 Å². The fourth-order valence-corrected chi connectivity index (χ4v) is 10.2. The van der Waals surface area contributed by atoms with Crippen LogP contribution in [-0.2, 0) is 17.8 Å². The van der Waals surface area contributed by atoms with Crippen LogP contribution in [0.3, 0.4) is 0 Å². The summed E-state index contributed by atoms with van der Waals surface area (Å²) in [5.41, 5.74) is 8.26. The molecule has 2 aromatic heterocycles. The van der Waals surface area contributed by atoms with Crippen molar-refractivity contribution in [2.24, 2.45) is 0 Å². The molecule has 10 rings (SSSR count). The van der Waals surface area contributed by atoms with Crippen LogP contribution in [0.1, 0.15) is 54.2 Å². The van der Waals surface area contributed by atoms with Crippen molar-refractivity contribution < 1.29 is 30.8 Å². The lowest BCUT2D eigenvalue weighted by atomic mass is 9.34. The first-order chi connectivity index (χ1) is 28.9. The van der Waals surface area contributed by atoms with Crippen molar-refractivity contribution in [3.05, 3.63) is 149 Å². The number of nitrogens with zero attached hydrogens (tertiary/aromatic N) is 3. The summed E-state index contributed by atoms with van der Waals surface area (Å²) in [4.78, 5) is 3.84. The molecule has 4 heterocycles. The van der Waals surface area contributed by atoms with E-state index in [0.29, 0.717) is 34.3 Å². The van der Waals surface area contributed by atoms with Gasteiger partial charge in [0.1, 0.15) is 5.76 Å². The van der Waals surface area contributed by atoms with E-state index in [1.807, 2.05) is 72.2 Å². The Balaban J connectivity index is 1.30. The maximum atomic E-state index is 13.9. The van der Waals surface area contributed by atoms with Gasteiger partial charge in [-0.05, 0) is 149 Å². The summed E-state index contributed by atoms with van der Waals surface area (Å²) >= 11 is 1.58. The van der Waals surface area contributed by atoms with E-state index in [0.717, 1.165) is 94.5 Å². The van der Waals surface area contributed by atoms with Crippen molar-refractivity contribution in [2.45, 2.75) is 52.4 Å². The van der Waals surface area contributed by atoms with E-state index < -0.39 is 30.2 Å². The number of rotatable bonds is 3. The van der Waals surface area contributed by atoms with E-state index in [9.17, 15) is 31.6 Å². The number of aryl methyl sites for hydroxylation is 2. The first-order valence-electron chi connectivity index (χ1n) is 19.6. The van der Waals surface area contributed by atoms with Gasteiger partial charge in [-0.25, -0.2) is 0 Å². The Morgan fingerprint density at radius 2 is 1.23 bits per heavy atom. The molecule has 302 valence electrons. The van der Waals surface area contributed by atoms with E-state index in [4.69, 9.17) is 4.42 Å². The van der Waals surface area contributed by atoms with Crippen LogP contribution in [0.25, 0.3) is 31.5 Å². The Bertz CT molecular complexity index is 3150. The first kappa shape index (κ1) is 38.7. The summed E-state index contributed by atoms with van der Waals surface area (Å²) in [5, 5.41) is 11.7. The number of thiophene rings is 1. The van der Waals surface area contributed by atoms with Crippen LogP contribution in [-0.4, -0.2) is 6.71 Å². The molecule has 61 heavy (non-hydrogen) atoms. The quantitative estimate of drug-likeness (QED) is 0.131. The van der Waals surface area contributed by atoms with Crippen LogP contribution >= 0.6 is 11.3 Å². The third kappa shape index (κ3) is 6.12. The van der Waals surface area contributed by atoms with Gasteiger partial charge in [0, 0.05) is 48.8 Å². The lowest BCUT2D eigenvalue weighted by Gasteiger charge is -2.42. The lowest BCUT2D eigenvalue weighted by molar-refractivity contribution is -0.138. The highest BCUT2D eigenvalue weighted by Gasteiger charge is 2.47. The number of anilines is 6. The van der Waals surface area contributed by atoms with Crippen molar-refractivity contribution in [2.75, 3.05) is 9.80 Å². The largest absolute Gasteiger partial charge is 0.440 e. The molecule has 6 aromatic carbocycles. The summed E-state index contributed by atoms with van der Waals surface area (Å²) < 4.78 is 92.5. The Hall–Kier alpha value is -6.45. The predicted molar refractivity (Wildman–Crippen MR) is 234 cm³/mol. The number of nitriles is 1. The molecule has 0 aliphatic carbocycles. The minimum Gasteiger partial charge on any atom is -0.440 e. The molecule has 0 radical (unpaired) electrons. The van der Waals surface area contributed by atoms with Crippen LogP contribution in [0.2, 0.25) is 0 Å². The second kappa shape index (κ2) is 13.3. The molecule has 2 aliphatic heterocycles. The summed E-state index contributed by atoms with van der Waals surface area (Å²) in [6.45, 7) is 9.92. The number of furan rings is 1. The van der Waals surface area contributed by atoms with Crippen molar-refractivity contribution in [1.29, 1.82) is 5.26 Å². The van der Waals surface area contributed by atoms with Gasteiger partial charge in [-0.1, -0.05) is 45.0 Å². The molecule has 0 unspecified atom stereocenters. The summed E-state index contributed by atoms with van der Waals surface area (Å²) in [6, 6.07) is 34.2. The minimum atomic E-state index is -4.55. The molecule has 2 aliphatic rings. The van der Waals surface area contributed by atoms with E-state index in [1.54, 1.807) is 17.4 Å². The first-order valence-corrected chi connectivity index (χ1v) is 20.5. The second-order valence-corrected chi connectivity index (χ2v) is 17.9. The summed E-state index contributed by atoms with van der Waals surface area (Å²) in [6.07, 6.45) is -9.09. The normalized spacial score (nSPS) is 13.7. The monoisotopic (exact) mass is 837 g/mol. The standard InChI is InChI=1S/C49H34BF6N3OS/c1-26-20-39-43-40(21-26)59(33-14-9-30(10-15-33)49(54,55)56)46-37(24-41(60-46)34-16-11-31(22-27(34)2)47(3,4)5)50(43)44-38(58(39)32-12-7-29(8-13-32)48(51,52)53)18-17-35-36-23-28(25-57)6-19-42(36)61-45(35)44/h6-24H,1-5H3. The van der Waals surface area contributed by atoms with Crippen molar-refractivity contribution in [3.8, 4) is 17.4 Å². The van der Waals surface area contributed by atoms with Gasteiger partial charge in [0.25, 0.3) is 6.71 Å². The molecule has 4 nitrogen and oxygen atoms in total. The maximum Gasteiger partial charge on any atom is 0.416 e. The highest BCUT2D eigenvalue weighted by Crippen LogP contribution is 2.49. The van der Waals surface area contributed by atoms with E-state index in [1.165, 1.54) is 24.3 Å². The minimum absolute atomic E-state index is 0.102. The van der Waals surface area contributed by atoms with Gasteiger partial charge in [-0.15, -0.1) is 11.3 Å². The summed E-state index contributed by atoms with van der Waals surface area (Å²) in [7, 11) is 0. The number of halogens is 6. The predicted octanol–water partition coefficient (Wildman–Crippen LogP) is 13.2. The van der Waals surface area contributed by atoms with Crippen LogP contribution in [0, 0.1) is 25.2 Å². The third-order valence-electron chi connectivity index (χ3n) is 11.9. The van der Waals surface area contributed by atoms with Crippen molar-refractivity contribution in [3.63, 3.8) is 0 Å². The zero-order chi connectivity index (χ0) is 42.9. The molecule has 12 heteroatoms. The number of alkyl halides is 6. The zero-order valence-electron chi connectivity index (χ0n) is 33.5. The van der Waals surface area contributed by atoms with Gasteiger partial charge in [0.2, 0.25) is 0 Å². The average Bonchev–Trinajstić information content (AvgIpc) is 3.81. The molecule has 8 aromatic rings. The van der Waals surface area contributed by atoms with Crippen LogP contribution in [0.15, 0.2) is 120 Å². The second-order valence-electron chi connectivity index (χ2n) is 16.9. The molecule has 0 saturated heterocycles. The van der Waals surface area contributed by atoms with Gasteiger partial charge in [-0.3, -0.25) is 4.90 Å². The van der Waals surface area contributed by atoms with E-state index >= 15 is 0 Å². The molecule has 0 fully saturated rings. The molecule has 0 N–H and O–H groups in total. The molecule has 0 spiro atoms. The highest BCUT2D eigenvalue weighted by atomic mass is 32.1. The molecule has 0 saturated carbocycles. The fourth-order valence-electron chi connectivity index (χ4n) is 8.96. The Kier molecular flexibility index (Phi) is 8.43. The number of fused-ring (bicyclic) bond motifs is 8. The number of hydrogen-bond acceptors (Lipinski definition) is 5. The summed E-state index contributed by atoms with van der Waals surface area (Å²) in [5.74, 6) is 1.03. The Labute approximate surface area is 352 Å². The van der Waals surface area contributed by atoms with Crippen LogP contribution in [0.4, 0.5) is 60.7 Å². The SMILES string of the molecule is Cc1cc2c3c(c1)N(c1ccc(C(F)(F)F)cc1)c1oc(-c4ccc(C(C)(C)C)cc4C)cc1B3c1c(ccc3c1sc1ccc(C#N)cc13)N2c1ccc(C(F)(F)F)cc1.